The third-order valence-corrected chi connectivity index (χ3v) is 5.22. The monoisotopic (exact) mass is 410 g/mol. The van der Waals surface area contributed by atoms with E-state index in [0.717, 1.165) is 11.6 Å². The average Bonchev–Trinajstić information content (AvgIpc) is 2.63. The number of aliphatic imine (C=N–C) groups is 1. The summed E-state index contributed by atoms with van der Waals surface area (Å²) >= 11 is 0. The fourth-order valence-corrected chi connectivity index (χ4v) is 3.39. The van der Waals surface area contributed by atoms with Crippen molar-refractivity contribution >= 4 is 21.7 Å². The van der Waals surface area contributed by atoms with Gasteiger partial charge in [0.05, 0.1) is 11.4 Å². The van der Waals surface area contributed by atoms with Gasteiger partial charge in [-0.05, 0) is 48.7 Å². The second-order valence-corrected chi connectivity index (χ2v) is 8.03. The van der Waals surface area contributed by atoms with E-state index in [1.54, 1.807) is 20.0 Å². The van der Waals surface area contributed by atoms with Gasteiger partial charge in [0.1, 0.15) is 11.6 Å². The van der Waals surface area contributed by atoms with Gasteiger partial charge in [0.25, 0.3) is 0 Å². The summed E-state index contributed by atoms with van der Waals surface area (Å²) in [5.74, 6) is -0.534. The minimum atomic E-state index is -3.64. The highest BCUT2D eigenvalue weighted by atomic mass is 32.2. The summed E-state index contributed by atoms with van der Waals surface area (Å²) in [6.07, 6.45) is 0.595. The Hall–Kier alpha value is -2.68. The fourth-order valence-electron chi connectivity index (χ4n) is 2.43. The zero-order valence-electron chi connectivity index (χ0n) is 15.8. The van der Waals surface area contributed by atoms with E-state index in [2.05, 4.69) is 20.3 Å². The van der Waals surface area contributed by atoms with Crippen LogP contribution >= 0.6 is 0 Å². The summed E-state index contributed by atoms with van der Waals surface area (Å²) in [6, 6.07) is 10.5. The van der Waals surface area contributed by atoms with Crippen LogP contribution in [0.25, 0.3) is 0 Å². The lowest BCUT2D eigenvalue weighted by atomic mass is 10.1. The van der Waals surface area contributed by atoms with Gasteiger partial charge in [0.2, 0.25) is 10.0 Å². The van der Waals surface area contributed by atoms with Crippen LogP contribution in [0.5, 0.6) is 0 Å². The van der Waals surface area contributed by atoms with Crippen LogP contribution in [-0.4, -0.2) is 40.3 Å². The number of rotatable bonds is 8. The quantitative estimate of drug-likeness (QED) is 0.461. The van der Waals surface area contributed by atoms with Crippen LogP contribution in [-0.2, 0) is 16.4 Å². The fraction of sp³-hybridized carbons (Fsp3) is 0.316. The first kappa shape index (κ1) is 21.6. The number of sulfonamides is 1. The number of benzene rings is 2. The van der Waals surface area contributed by atoms with E-state index in [1.165, 1.54) is 24.3 Å². The summed E-state index contributed by atoms with van der Waals surface area (Å²) in [5, 5.41) is 5.94. The van der Waals surface area contributed by atoms with E-state index in [0.29, 0.717) is 24.5 Å². The maximum absolute atomic E-state index is 13.5. The Bertz CT molecular complexity index is 933. The number of aryl methyl sites for hydroxylation is 1. The van der Waals surface area contributed by atoms with Gasteiger partial charge >= 0.3 is 0 Å². The summed E-state index contributed by atoms with van der Waals surface area (Å²) < 4.78 is 53.3. The average molecular weight is 410 g/mol. The molecule has 2 aromatic carbocycles. The van der Waals surface area contributed by atoms with Gasteiger partial charge < -0.3 is 10.6 Å². The van der Waals surface area contributed by atoms with Crippen LogP contribution in [0, 0.1) is 18.6 Å². The number of hydrogen-bond donors (Lipinski definition) is 3. The summed E-state index contributed by atoms with van der Waals surface area (Å²) in [7, 11) is -2.07. The van der Waals surface area contributed by atoms with Gasteiger partial charge in [0, 0.05) is 20.1 Å². The van der Waals surface area contributed by atoms with Crippen LogP contribution in [0.15, 0.2) is 47.5 Å². The molecule has 0 heterocycles. The molecule has 0 amide bonds. The Labute approximate surface area is 164 Å². The van der Waals surface area contributed by atoms with Crippen LogP contribution in [0.3, 0.4) is 0 Å². The largest absolute Gasteiger partial charge is 0.356 e. The number of anilines is 1. The number of guanidine groups is 1. The van der Waals surface area contributed by atoms with Crippen molar-refractivity contribution in [3.05, 3.63) is 65.2 Å². The molecule has 0 bridgehead atoms. The molecule has 3 N–H and O–H groups in total. The Balaban J connectivity index is 1.77. The molecule has 0 aliphatic carbocycles. The van der Waals surface area contributed by atoms with E-state index in [4.69, 9.17) is 0 Å². The lowest BCUT2D eigenvalue weighted by molar-refractivity contribution is 0.599. The van der Waals surface area contributed by atoms with Crippen LogP contribution < -0.4 is 15.4 Å². The SMILES string of the molecule is CN=C(NCCc1cccc(F)c1)NCCS(=O)(=O)Nc1ccc(C)c(F)c1. The molecule has 28 heavy (non-hydrogen) atoms. The second-order valence-electron chi connectivity index (χ2n) is 6.19. The van der Waals surface area contributed by atoms with Crippen molar-refractivity contribution in [2.24, 2.45) is 4.99 Å². The van der Waals surface area contributed by atoms with Crippen molar-refractivity contribution in [2.75, 3.05) is 30.6 Å². The minimum Gasteiger partial charge on any atom is -0.356 e. The highest BCUT2D eigenvalue weighted by Gasteiger charge is 2.12. The summed E-state index contributed by atoms with van der Waals surface area (Å²) in [5.41, 5.74) is 1.47. The van der Waals surface area contributed by atoms with Crippen LogP contribution in [0.4, 0.5) is 14.5 Å². The third-order valence-electron chi connectivity index (χ3n) is 3.93. The molecule has 2 rings (SSSR count). The first-order chi connectivity index (χ1) is 13.3. The van der Waals surface area contributed by atoms with Gasteiger partial charge in [-0.3, -0.25) is 9.71 Å². The van der Waals surface area contributed by atoms with Crippen molar-refractivity contribution in [2.45, 2.75) is 13.3 Å². The Kier molecular flexibility index (Phi) is 7.74. The van der Waals surface area contributed by atoms with E-state index in [1.807, 2.05) is 6.07 Å². The molecule has 0 spiro atoms. The van der Waals surface area contributed by atoms with Gasteiger partial charge in [-0.25, -0.2) is 17.2 Å². The van der Waals surface area contributed by atoms with Crippen molar-refractivity contribution in [3.63, 3.8) is 0 Å². The van der Waals surface area contributed by atoms with Crippen LogP contribution in [0.1, 0.15) is 11.1 Å². The van der Waals surface area contributed by atoms with Gasteiger partial charge in [-0.1, -0.05) is 18.2 Å². The zero-order chi connectivity index (χ0) is 20.6. The van der Waals surface area contributed by atoms with Gasteiger partial charge in [-0.2, -0.15) is 0 Å². The summed E-state index contributed by atoms with van der Waals surface area (Å²) in [4.78, 5) is 4.02. The minimum absolute atomic E-state index is 0.114. The van der Waals surface area contributed by atoms with E-state index in [9.17, 15) is 17.2 Å². The molecule has 0 fully saturated rings. The van der Waals surface area contributed by atoms with Crippen LogP contribution in [0.2, 0.25) is 0 Å². The van der Waals surface area contributed by atoms with Crippen molar-refractivity contribution in [1.82, 2.24) is 10.6 Å². The Morgan fingerprint density at radius 3 is 2.50 bits per heavy atom. The number of halogens is 2. The molecule has 0 aromatic heterocycles. The molecule has 152 valence electrons. The van der Waals surface area contributed by atoms with Gasteiger partial charge in [0.15, 0.2) is 5.96 Å². The molecule has 0 atom stereocenters. The predicted octanol–water partition coefficient (Wildman–Crippen LogP) is 2.42. The Morgan fingerprint density at radius 1 is 1.07 bits per heavy atom. The van der Waals surface area contributed by atoms with E-state index >= 15 is 0 Å². The molecule has 0 radical (unpaired) electrons. The molecule has 0 saturated carbocycles. The van der Waals surface area contributed by atoms with Crippen molar-refractivity contribution in [1.29, 1.82) is 0 Å². The van der Waals surface area contributed by atoms with E-state index < -0.39 is 15.8 Å². The van der Waals surface area contributed by atoms with Crippen molar-refractivity contribution < 1.29 is 17.2 Å². The maximum atomic E-state index is 13.5. The maximum Gasteiger partial charge on any atom is 0.234 e. The molecule has 9 heteroatoms. The molecule has 0 saturated heterocycles. The smallest absolute Gasteiger partial charge is 0.234 e. The molecule has 0 unspecified atom stereocenters. The predicted molar refractivity (Wildman–Crippen MR) is 108 cm³/mol. The van der Waals surface area contributed by atoms with Gasteiger partial charge in [-0.15, -0.1) is 0 Å². The highest BCUT2D eigenvalue weighted by Crippen LogP contribution is 2.14. The standard InChI is InChI=1S/C19H24F2N4O2S/c1-14-6-7-17(13-18(14)21)25-28(26,27)11-10-24-19(22-2)23-9-8-15-4-3-5-16(20)12-15/h3-7,12-13,25H,8-11H2,1-2H3,(H2,22,23,24). The lowest BCUT2D eigenvalue weighted by Crippen LogP contribution is -2.40. The number of nitrogens with zero attached hydrogens (tertiary/aromatic N) is 1. The third kappa shape index (κ3) is 7.15. The lowest BCUT2D eigenvalue weighted by Gasteiger charge is -2.13. The molecule has 0 aliphatic rings. The Morgan fingerprint density at radius 2 is 1.82 bits per heavy atom. The zero-order valence-corrected chi connectivity index (χ0v) is 16.6. The number of hydrogen-bond acceptors (Lipinski definition) is 3. The highest BCUT2D eigenvalue weighted by molar-refractivity contribution is 7.92. The molecule has 2 aromatic rings. The first-order valence-corrected chi connectivity index (χ1v) is 10.4. The van der Waals surface area contributed by atoms with Crippen molar-refractivity contribution in [3.8, 4) is 0 Å². The number of nitrogens with one attached hydrogen (secondary N) is 3. The second kappa shape index (κ2) is 10.0. The topological polar surface area (TPSA) is 82.6 Å². The molecule has 6 nitrogen and oxygen atoms in total. The molecular formula is C19H24F2N4O2S. The molecular weight excluding hydrogens is 386 g/mol. The first-order valence-electron chi connectivity index (χ1n) is 8.74. The molecule has 0 aliphatic heterocycles. The van der Waals surface area contributed by atoms with E-state index in [-0.39, 0.29) is 23.8 Å². The summed E-state index contributed by atoms with van der Waals surface area (Å²) in [6.45, 7) is 2.23. The normalized spacial score (nSPS) is 11.9.